The van der Waals surface area contributed by atoms with Gasteiger partial charge in [-0.05, 0) is 22.0 Å². The highest BCUT2D eigenvalue weighted by Crippen LogP contribution is 2.21. The van der Waals surface area contributed by atoms with E-state index in [0.717, 1.165) is 14.9 Å². The van der Waals surface area contributed by atoms with Gasteiger partial charge in [-0.1, -0.05) is 0 Å². The number of hydrogen-bond donors (Lipinski definition) is 1. The predicted molar refractivity (Wildman–Crippen MR) is 62.7 cm³/mol. The topological polar surface area (TPSA) is 46.0 Å². The van der Waals surface area contributed by atoms with Crippen LogP contribution in [0.1, 0.15) is 16.5 Å². The van der Waals surface area contributed by atoms with Crippen LogP contribution in [0.4, 0.5) is 0 Å². The average Bonchev–Trinajstić information content (AvgIpc) is 2.70. The largest absolute Gasteiger partial charge is 0.388 e. The van der Waals surface area contributed by atoms with Crippen LogP contribution in [0.3, 0.4) is 0 Å². The van der Waals surface area contributed by atoms with Crippen LogP contribution in [0.2, 0.25) is 0 Å². The monoisotopic (exact) mass is 284 g/mol. The highest BCUT2D eigenvalue weighted by Gasteiger charge is 2.10. The minimum Gasteiger partial charge on any atom is -0.388 e. The third-order valence-corrected chi connectivity index (χ3v) is 3.22. The number of hydrogen-bond acceptors (Lipinski definition) is 4. The molecule has 0 fully saturated rings. The van der Waals surface area contributed by atoms with Crippen molar-refractivity contribution < 1.29 is 5.11 Å². The van der Waals surface area contributed by atoms with Gasteiger partial charge in [0.25, 0.3) is 0 Å². The maximum absolute atomic E-state index is 9.93. The molecule has 0 aromatic carbocycles. The number of nitrogens with zero attached hydrogens (tertiary/aromatic N) is 2. The first-order valence-corrected chi connectivity index (χ1v) is 6.09. The van der Waals surface area contributed by atoms with E-state index in [1.165, 1.54) is 0 Å². The summed E-state index contributed by atoms with van der Waals surface area (Å²) in [4.78, 5) is 9.06. The van der Waals surface area contributed by atoms with Gasteiger partial charge < -0.3 is 5.11 Å². The van der Waals surface area contributed by atoms with Crippen molar-refractivity contribution in [3.8, 4) is 0 Å². The SMILES string of the molecule is OC(Cc1cncs1)c1cncc(Br)c1. The van der Waals surface area contributed by atoms with Crippen molar-refractivity contribution in [2.75, 3.05) is 0 Å². The van der Waals surface area contributed by atoms with Gasteiger partial charge in [0.05, 0.1) is 11.6 Å². The van der Waals surface area contributed by atoms with Crippen LogP contribution in [-0.2, 0) is 6.42 Å². The maximum Gasteiger partial charge on any atom is 0.0854 e. The third kappa shape index (κ3) is 2.84. The van der Waals surface area contributed by atoms with E-state index >= 15 is 0 Å². The minimum absolute atomic E-state index is 0.518. The molecule has 0 aliphatic heterocycles. The molecule has 0 spiro atoms. The van der Waals surface area contributed by atoms with Gasteiger partial charge in [0.15, 0.2) is 0 Å². The van der Waals surface area contributed by atoms with Gasteiger partial charge in [-0.3, -0.25) is 9.97 Å². The molecular weight excluding hydrogens is 276 g/mol. The highest BCUT2D eigenvalue weighted by molar-refractivity contribution is 9.10. The van der Waals surface area contributed by atoms with Crippen molar-refractivity contribution in [2.45, 2.75) is 12.5 Å². The Labute approximate surface area is 100.0 Å². The van der Waals surface area contributed by atoms with Gasteiger partial charge in [0.1, 0.15) is 0 Å². The van der Waals surface area contributed by atoms with E-state index in [1.54, 1.807) is 35.4 Å². The Balaban J connectivity index is 2.11. The van der Waals surface area contributed by atoms with Crippen molar-refractivity contribution >= 4 is 27.3 Å². The molecule has 0 saturated carbocycles. The van der Waals surface area contributed by atoms with Gasteiger partial charge in [-0.2, -0.15) is 0 Å². The van der Waals surface area contributed by atoms with Crippen LogP contribution < -0.4 is 0 Å². The summed E-state index contributed by atoms with van der Waals surface area (Å²) in [7, 11) is 0. The van der Waals surface area contributed by atoms with E-state index < -0.39 is 6.10 Å². The van der Waals surface area contributed by atoms with Crippen molar-refractivity contribution in [1.29, 1.82) is 0 Å². The first kappa shape index (κ1) is 10.7. The van der Waals surface area contributed by atoms with E-state index in [1.807, 2.05) is 6.07 Å². The molecule has 0 saturated heterocycles. The van der Waals surface area contributed by atoms with Crippen LogP contribution in [0.15, 0.2) is 34.6 Å². The van der Waals surface area contributed by atoms with Crippen molar-refractivity contribution in [3.63, 3.8) is 0 Å². The maximum atomic E-state index is 9.93. The molecule has 0 aliphatic rings. The average molecular weight is 285 g/mol. The Morgan fingerprint density at radius 1 is 1.33 bits per heavy atom. The van der Waals surface area contributed by atoms with Crippen molar-refractivity contribution in [1.82, 2.24) is 9.97 Å². The molecule has 2 aromatic heterocycles. The van der Waals surface area contributed by atoms with Crippen LogP contribution in [0.25, 0.3) is 0 Å². The molecule has 3 nitrogen and oxygen atoms in total. The van der Waals surface area contributed by atoms with E-state index in [9.17, 15) is 5.11 Å². The number of rotatable bonds is 3. The summed E-state index contributed by atoms with van der Waals surface area (Å²) in [6.07, 6.45) is 5.22. The highest BCUT2D eigenvalue weighted by atomic mass is 79.9. The number of aliphatic hydroxyl groups excluding tert-OH is 1. The molecule has 0 bridgehead atoms. The predicted octanol–water partition coefficient (Wildman–Crippen LogP) is 2.58. The van der Waals surface area contributed by atoms with Crippen LogP contribution in [0.5, 0.6) is 0 Å². The summed E-state index contributed by atoms with van der Waals surface area (Å²) >= 11 is 4.87. The zero-order chi connectivity index (χ0) is 10.7. The Bertz CT molecular complexity index is 433. The number of aliphatic hydroxyl groups is 1. The molecular formula is C10H9BrN2OS. The Kier molecular flexibility index (Phi) is 3.45. The van der Waals surface area contributed by atoms with E-state index in [2.05, 4.69) is 25.9 Å². The summed E-state index contributed by atoms with van der Waals surface area (Å²) < 4.78 is 0.878. The molecule has 78 valence electrons. The minimum atomic E-state index is -0.518. The molecule has 0 radical (unpaired) electrons. The summed E-state index contributed by atoms with van der Waals surface area (Å²) in [5.41, 5.74) is 2.58. The molecule has 5 heteroatoms. The second kappa shape index (κ2) is 4.83. The molecule has 0 aliphatic carbocycles. The van der Waals surface area contributed by atoms with Crippen LogP contribution >= 0.6 is 27.3 Å². The van der Waals surface area contributed by atoms with Crippen molar-refractivity contribution in [3.05, 3.63) is 45.1 Å². The lowest BCUT2D eigenvalue weighted by molar-refractivity contribution is 0.179. The lowest BCUT2D eigenvalue weighted by Crippen LogP contribution is -2.01. The van der Waals surface area contributed by atoms with Gasteiger partial charge in [-0.15, -0.1) is 11.3 Å². The smallest absolute Gasteiger partial charge is 0.0854 e. The van der Waals surface area contributed by atoms with Gasteiger partial charge >= 0.3 is 0 Å². The van der Waals surface area contributed by atoms with Crippen LogP contribution in [-0.4, -0.2) is 15.1 Å². The quantitative estimate of drug-likeness (QED) is 0.942. The molecule has 2 aromatic rings. The first-order chi connectivity index (χ1) is 7.25. The summed E-state index contributed by atoms with van der Waals surface area (Å²) in [6.45, 7) is 0. The lowest BCUT2D eigenvalue weighted by Gasteiger charge is -2.08. The number of thiazole rings is 1. The third-order valence-electron chi connectivity index (χ3n) is 1.99. The zero-order valence-corrected chi connectivity index (χ0v) is 10.2. The zero-order valence-electron chi connectivity index (χ0n) is 7.80. The normalized spacial score (nSPS) is 12.7. The Morgan fingerprint density at radius 3 is 2.87 bits per heavy atom. The first-order valence-electron chi connectivity index (χ1n) is 4.41. The van der Waals surface area contributed by atoms with Gasteiger partial charge in [0.2, 0.25) is 0 Å². The Morgan fingerprint density at radius 2 is 2.20 bits per heavy atom. The molecule has 15 heavy (non-hydrogen) atoms. The van der Waals surface area contributed by atoms with Crippen molar-refractivity contribution in [2.24, 2.45) is 0 Å². The number of pyridine rings is 1. The molecule has 0 amide bonds. The standard InChI is InChI=1S/C10H9BrN2OS/c11-8-1-7(3-12-4-8)10(14)2-9-5-13-6-15-9/h1,3-6,10,14H,2H2. The number of halogens is 1. The lowest BCUT2D eigenvalue weighted by atomic mass is 10.1. The van der Waals surface area contributed by atoms with E-state index in [-0.39, 0.29) is 0 Å². The fourth-order valence-electron chi connectivity index (χ4n) is 1.26. The fourth-order valence-corrected chi connectivity index (χ4v) is 2.28. The molecule has 1 N–H and O–H groups in total. The summed E-state index contributed by atoms with van der Waals surface area (Å²) in [5.74, 6) is 0. The fraction of sp³-hybridized carbons (Fsp3) is 0.200. The summed E-state index contributed by atoms with van der Waals surface area (Å²) in [6, 6.07) is 1.87. The Hall–Kier alpha value is -0.780. The number of aromatic nitrogens is 2. The molecule has 1 unspecified atom stereocenters. The molecule has 1 atom stereocenters. The molecule has 2 rings (SSSR count). The second-order valence-electron chi connectivity index (χ2n) is 3.12. The van der Waals surface area contributed by atoms with E-state index in [0.29, 0.717) is 6.42 Å². The van der Waals surface area contributed by atoms with Crippen LogP contribution in [0, 0.1) is 0 Å². The summed E-state index contributed by atoms with van der Waals surface area (Å²) in [5, 5.41) is 9.93. The second-order valence-corrected chi connectivity index (χ2v) is 5.01. The molecule has 2 heterocycles. The van der Waals surface area contributed by atoms with E-state index in [4.69, 9.17) is 0 Å². The van der Waals surface area contributed by atoms with Gasteiger partial charge in [0, 0.05) is 39.9 Å². The van der Waals surface area contributed by atoms with Gasteiger partial charge in [-0.25, -0.2) is 0 Å².